The molecule has 25 heavy (non-hydrogen) atoms. The van der Waals surface area contributed by atoms with Gasteiger partial charge in [-0.1, -0.05) is 44.2 Å². The predicted molar refractivity (Wildman–Crippen MR) is 94.9 cm³/mol. The first-order valence-corrected chi connectivity index (χ1v) is 9.03. The third-order valence-electron chi connectivity index (χ3n) is 4.75. The summed E-state index contributed by atoms with van der Waals surface area (Å²) < 4.78 is 5.91. The van der Waals surface area contributed by atoms with Crippen LogP contribution in [0.2, 0.25) is 0 Å². The molecule has 3 atom stereocenters. The molecule has 1 aromatic rings. The topological polar surface area (TPSA) is 70.7 Å². The van der Waals surface area contributed by atoms with Crippen molar-refractivity contribution in [2.45, 2.75) is 39.0 Å². The van der Waals surface area contributed by atoms with Gasteiger partial charge in [-0.2, -0.15) is 0 Å². The van der Waals surface area contributed by atoms with Crippen LogP contribution in [0.3, 0.4) is 0 Å². The predicted octanol–water partition coefficient (Wildman–Crippen LogP) is 1.76. The standard InChI is InChI=1S/C19H27N3O3/c1-13(2)9-21-19(24)22-11-15-8-16(17(12-22)25-15)18(23)20-10-14-6-4-3-5-7-14/h3-7,13,15-17H,8-12H2,1-2H3,(H,20,23)(H,21,24)/t15-,16+,17-/m0/s1. The van der Waals surface area contributed by atoms with Crippen molar-refractivity contribution in [3.8, 4) is 0 Å². The smallest absolute Gasteiger partial charge is 0.317 e. The van der Waals surface area contributed by atoms with Gasteiger partial charge in [0.15, 0.2) is 0 Å². The molecule has 2 aliphatic rings. The van der Waals surface area contributed by atoms with E-state index < -0.39 is 0 Å². The fraction of sp³-hybridized carbons (Fsp3) is 0.579. The van der Waals surface area contributed by atoms with E-state index in [4.69, 9.17) is 4.74 Å². The summed E-state index contributed by atoms with van der Waals surface area (Å²) >= 11 is 0. The van der Waals surface area contributed by atoms with Gasteiger partial charge in [0.25, 0.3) is 0 Å². The van der Waals surface area contributed by atoms with Crippen molar-refractivity contribution in [1.82, 2.24) is 15.5 Å². The Hall–Kier alpha value is -2.08. The van der Waals surface area contributed by atoms with E-state index in [0.29, 0.717) is 38.5 Å². The number of fused-ring (bicyclic) bond motifs is 2. The second-order valence-electron chi connectivity index (χ2n) is 7.33. The number of nitrogens with zero attached hydrogens (tertiary/aromatic N) is 1. The Labute approximate surface area is 148 Å². The van der Waals surface area contributed by atoms with Gasteiger partial charge in [-0.25, -0.2) is 4.79 Å². The highest BCUT2D eigenvalue weighted by Gasteiger charge is 2.45. The van der Waals surface area contributed by atoms with Crippen molar-refractivity contribution >= 4 is 11.9 Å². The summed E-state index contributed by atoms with van der Waals surface area (Å²) in [7, 11) is 0. The van der Waals surface area contributed by atoms with Crippen LogP contribution in [0.4, 0.5) is 4.79 Å². The minimum absolute atomic E-state index is 0.0146. The summed E-state index contributed by atoms with van der Waals surface area (Å²) in [5.74, 6) is 0.246. The maximum atomic E-state index is 12.5. The molecule has 2 fully saturated rings. The van der Waals surface area contributed by atoms with E-state index in [0.717, 1.165) is 5.56 Å². The van der Waals surface area contributed by atoms with Gasteiger partial charge >= 0.3 is 6.03 Å². The summed E-state index contributed by atoms with van der Waals surface area (Å²) in [4.78, 5) is 26.6. The third kappa shape index (κ3) is 4.51. The lowest BCUT2D eigenvalue weighted by Gasteiger charge is -2.33. The van der Waals surface area contributed by atoms with Gasteiger partial charge in [0.2, 0.25) is 5.91 Å². The van der Waals surface area contributed by atoms with E-state index in [9.17, 15) is 9.59 Å². The summed E-state index contributed by atoms with van der Waals surface area (Å²) in [5, 5.41) is 5.94. The van der Waals surface area contributed by atoms with Crippen molar-refractivity contribution in [3.05, 3.63) is 35.9 Å². The molecule has 2 heterocycles. The summed E-state index contributed by atoms with van der Waals surface area (Å²) in [6.45, 7) is 6.35. The Morgan fingerprint density at radius 3 is 2.68 bits per heavy atom. The molecule has 0 unspecified atom stereocenters. The Bertz CT molecular complexity index is 605. The van der Waals surface area contributed by atoms with Crippen molar-refractivity contribution in [1.29, 1.82) is 0 Å². The molecule has 1 aromatic carbocycles. The molecular formula is C19H27N3O3. The Kier molecular flexibility index (Phi) is 5.58. The van der Waals surface area contributed by atoms with Gasteiger partial charge in [0, 0.05) is 26.2 Å². The van der Waals surface area contributed by atoms with Crippen LogP contribution in [0.15, 0.2) is 30.3 Å². The molecule has 0 aromatic heterocycles. The van der Waals surface area contributed by atoms with Crippen LogP contribution in [-0.2, 0) is 16.1 Å². The molecule has 2 saturated heterocycles. The molecule has 0 saturated carbocycles. The lowest BCUT2D eigenvalue weighted by Crippen LogP contribution is -2.51. The van der Waals surface area contributed by atoms with Crippen LogP contribution in [-0.4, -0.2) is 48.7 Å². The zero-order valence-electron chi connectivity index (χ0n) is 14.9. The largest absolute Gasteiger partial charge is 0.370 e. The third-order valence-corrected chi connectivity index (χ3v) is 4.75. The first kappa shape index (κ1) is 17.7. The minimum Gasteiger partial charge on any atom is -0.370 e. The van der Waals surface area contributed by atoms with Crippen LogP contribution in [0, 0.1) is 11.8 Å². The SMILES string of the molecule is CC(C)CNC(=O)N1C[C@@H]2C[C@@H](C(=O)NCc3ccccc3)[C@H](C1)O2. The van der Waals surface area contributed by atoms with E-state index in [1.165, 1.54) is 0 Å². The number of urea groups is 1. The Morgan fingerprint density at radius 1 is 1.20 bits per heavy atom. The highest BCUT2D eigenvalue weighted by Crippen LogP contribution is 2.32. The molecule has 0 radical (unpaired) electrons. The molecule has 2 aliphatic heterocycles. The molecule has 0 aliphatic carbocycles. The molecule has 3 rings (SSSR count). The Balaban J connectivity index is 1.52. The van der Waals surface area contributed by atoms with Crippen LogP contribution < -0.4 is 10.6 Å². The average molecular weight is 345 g/mol. The number of nitrogens with one attached hydrogen (secondary N) is 2. The van der Waals surface area contributed by atoms with Crippen LogP contribution in [0.5, 0.6) is 0 Å². The lowest BCUT2D eigenvalue weighted by atomic mass is 9.99. The maximum absolute atomic E-state index is 12.5. The number of carbonyl (C=O) groups is 2. The van der Waals surface area contributed by atoms with E-state index >= 15 is 0 Å². The number of likely N-dealkylation sites (tertiary alicyclic amines) is 1. The van der Waals surface area contributed by atoms with Gasteiger partial charge in [-0.05, 0) is 17.9 Å². The number of morpholine rings is 1. The number of amides is 3. The van der Waals surface area contributed by atoms with Gasteiger partial charge in [-0.15, -0.1) is 0 Å². The molecule has 0 spiro atoms. The number of benzene rings is 1. The van der Waals surface area contributed by atoms with Crippen molar-refractivity contribution < 1.29 is 14.3 Å². The molecule has 6 nitrogen and oxygen atoms in total. The second kappa shape index (κ2) is 7.87. The summed E-state index contributed by atoms with van der Waals surface area (Å²) in [6.07, 6.45) is 0.426. The summed E-state index contributed by atoms with van der Waals surface area (Å²) in [6, 6.07) is 9.80. The normalized spacial score (nSPS) is 25.1. The zero-order chi connectivity index (χ0) is 17.8. The van der Waals surface area contributed by atoms with Crippen LogP contribution >= 0.6 is 0 Å². The van der Waals surface area contributed by atoms with Crippen molar-refractivity contribution in [3.63, 3.8) is 0 Å². The molecule has 3 amide bonds. The highest BCUT2D eigenvalue weighted by molar-refractivity contribution is 5.80. The van der Waals surface area contributed by atoms with E-state index in [-0.39, 0.29) is 30.1 Å². The summed E-state index contributed by atoms with van der Waals surface area (Å²) in [5.41, 5.74) is 1.08. The highest BCUT2D eigenvalue weighted by atomic mass is 16.5. The fourth-order valence-electron chi connectivity index (χ4n) is 3.42. The van der Waals surface area contributed by atoms with Gasteiger partial charge < -0.3 is 20.3 Å². The minimum atomic E-state index is -0.209. The number of hydrogen-bond donors (Lipinski definition) is 2. The van der Waals surface area contributed by atoms with Crippen molar-refractivity contribution in [2.24, 2.45) is 11.8 Å². The monoisotopic (exact) mass is 345 g/mol. The van der Waals surface area contributed by atoms with Gasteiger partial charge in [0.1, 0.15) is 0 Å². The van der Waals surface area contributed by atoms with Gasteiger partial charge in [0.05, 0.1) is 18.1 Å². The van der Waals surface area contributed by atoms with Crippen molar-refractivity contribution in [2.75, 3.05) is 19.6 Å². The second-order valence-corrected chi connectivity index (χ2v) is 7.33. The van der Waals surface area contributed by atoms with E-state index in [1.807, 2.05) is 30.3 Å². The number of ether oxygens (including phenoxy) is 1. The van der Waals surface area contributed by atoms with Crippen LogP contribution in [0.1, 0.15) is 25.8 Å². The number of hydrogen-bond acceptors (Lipinski definition) is 3. The molecule has 2 N–H and O–H groups in total. The fourth-order valence-corrected chi connectivity index (χ4v) is 3.42. The molecule has 2 bridgehead atoms. The van der Waals surface area contributed by atoms with Crippen LogP contribution in [0.25, 0.3) is 0 Å². The molecule has 6 heteroatoms. The molecule has 136 valence electrons. The average Bonchev–Trinajstić information content (AvgIpc) is 2.92. The Morgan fingerprint density at radius 2 is 1.96 bits per heavy atom. The first-order chi connectivity index (χ1) is 12.0. The maximum Gasteiger partial charge on any atom is 0.317 e. The van der Waals surface area contributed by atoms with Gasteiger partial charge in [-0.3, -0.25) is 4.79 Å². The number of rotatable bonds is 5. The first-order valence-electron chi connectivity index (χ1n) is 9.03. The lowest BCUT2D eigenvalue weighted by molar-refractivity contribution is -0.127. The quantitative estimate of drug-likeness (QED) is 0.854. The zero-order valence-corrected chi connectivity index (χ0v) is 14.9. The van der Waals surface area contributed by atoms with E-state index in [1.54, 1.807) is 4.90 Å². The molecular weight excluding hydrogens is 318 g/mol. The number of carbonyl (C=O) groups excluding carboxylic acids is 2. The van der Waals surface area contributed by atoms with E-state index in [2.05, 4.69) is 24.5 Å².